The van der Waals surface area contributed by atoms with E-state index in [1.165, 1.54) is 12.0 Å². The molecule has 0 aromatic heterocycles. The van der Waals surface area contributed by atoms with Crippen LogP contribution in [-0.4, -0.2) is 5.92 Å². The Kier molecular flexibility index (Phi) is 7.44. The molecule has 0 atom stereocenters. The monoisotopic (exact) mass is 348 g/mol. The zero-order valence-electron chi connectivity index (χ0n) is 9.85. The minimum atomic E-state index is -0.312. The number of hydrogen-bond acceptors (Lipinski definition) is 0. The molecule has 0 amide bonds. The molecule has 0 saturated heterocycles. The minimum Gasteiger partial charge on any atom is -1.00 e. The molecule has 16 heavy (non-hydrogen) atoms. The van der Waals surface area contributed by atoms with E-state index in [1.807, 2.05) is 0 Å². The fraction of sp³-hybridized carbons (Fsp3) is 0.333. The summed E-state index contributed by atoms with van der Waals surface area (Å²) in [6.45, 7) is 7.25. The van der Waals surface area contributed by atoms with Gasteiger partial charge in [0.2, 0.25) is 0 Å². The molecule has 0 fully saturated rings. The van der Waals surface area contributed by atoms with Crippen molar-refractivity contribution >= 4 is 15.3 Å². The molecule has 1 aromatic carbocycles. The summed E-state index contributed by atoms with van der Waals surface area (Å²) in [5, 5.41) is 0. The summed E-state index contributed by atoms with van der Waals surface area (Å²) in [5.41, 5.74) is 4.73. The van der Waals surface area contributed by atoms with Crippen LogP contribution in [0.25, 0.3) is 6.08 Å². The van der Waals surface area contributed by atoms with Crippen LogP contribution in [0.5, 0.6) is 0 Å². The van der Waals surface area contributed by atoms with Crippen LogP contribution in [0.4, 0.5) is 0 Å². The van der Waals surface area contributed by atoms with Gasteiger partial charge in [0.05, 0.1) is 0 Å². The van der Waals surface area contributed by atoms with Crippen molar-refractivity contribution in [2.75, 3.05) is 0 Å². The summed E-state index contributed by atoms with van der Waals surface area (Å²) in [7, 11) is 0. The normalized spacial score (nSPS) is 12.1. The van der Waals surface area contributed by atoms with Crippen molar-refractivity contribution in [3.8, 4) is 0 Å². The van der Waals surface area contributed by atoms with Gasteiger partial charge in [-0.3, -0.25) is 0 Å². The van der Waals surface area contributed by atoms with E-state index in [1.54, 1.807) is 14.4 Å². The maximum Gasteiger partial charge on any atom is -1.00 e. The van der Waals surface area contributed by atoms with Gasteiger partial charge in [-0.1, -0.05) is 0 Å². The average Bonchev–Trinajstić information content (AvgIpc) is 2.45. The molecule has 0 bridgehead atoms. The number of benzene rings is 1. The van der Waals surface area contributed by atoms with Crippen LogP contribution < -0.4 is 28.1 Å². The van der Waals surface area contributed by atoms with Crippen molar-refractivity contribution in [2.45, 2.75) is 26.4 Å². The first kappa shape index (κ1) is 16.6. The summed E-state index contributed by atoms with van der Waals surface area (Å²) in [4.78, 5) is 0. The molecule has 1 aromatic rings. The van der Waals surface area contributed by atoms with E-state index in [0.717, 1.165) is 0 Å². The van der Waals surface area contributed by atoms with E-state index in [2.05, 4.69) is 44.3 Å². The molecule has 0 nitrogen and oxygen atoms in total. The summed E-state index contributed by atoms with van der Waals surface area (Å²) < 4.78 is 1.75. The second-order valence-corrected chi connectivity index (χ2v) is 18.9. The van der Waals surface area contributed by atoms with Crippen molar-refractivity contribution in [2.24, 2.45) is 0 Å². The first-order chi connectivity index (χ1) is 6.66. The number of fused-ring (bicyclic) bond motifs is 1. The van der Waals surface area contributed by atoms with Gasteiger partial charge in [-0.25, -0.2) is 0 Å². The molecule has 2 rings (SSSR count). The first-order valence-corrected chi connectivity index (χ1v) is 13.6. The van der Waals surface area contributed by atoms with Gasteiger partial charge in [0.15, 0.2) is 0 Å². The molecular weight excluding hydrogens is 334 g/mol. The minimum absolute atomic E-state index is 0. The van der Waals surface area contributed by atoms with Gasteiger partial charge in [0, 0.05) is 0 Å². The zero-order chi connectivity index (χ0) is 10.1. The number of hydrogen-bond donors (Lipinski definition) is 0. The Balaban J connectivity index is 0.00000112. The Hall–Kier alpha value is 0.640. The molecule has 4 heteroatoms. The Morgan fingerprint density at radius 2 is 1.88 bits per heavy atom. The van der Waals surface area contributed by atoms with Crippen LogP contribution in [0.15, 0.2) is 23.8 Å². The number of halogens is 2. The topological polar surface area (TPSA) is 0 Å². The SMILES string of the molecule is CC1=Cc2c(ccc[c]2[Zr+2][SiH](C)C)C1.[Cl-].[Cl-]. The smallest absolute Gasteiger partial charge is 1.00 e. The van der Waals surface area contributed by atoms with Crippen molar-refractivity contribution in [1.82, 2.24) is 0 Å². The Bertz CT molecular complexity index is 389. The van der Waals surface area contributed by atoms with Gasteiger partial charge in [-0.05, 0) is 0 Å². The fourth-order valence-corrected chi connectivity index (χ4v) is 10.1. The quantitative estimate of drug-likeness (QED) is 0.483. The zero-order valence-corrected chi connectivity index (χ0v) is 15.0. The van der Waals surface area contributed by atoms with Crippen molar-refractivity contribution in [3.05, 3.63) is 34.9 Å². The molecular formula is C12H16Cl2SiZr. The van der Waals surface area contributed by atoms with Gasteiger partial charge in [0.1, 0.15) is 0 Å². The Morgan fingerprint density at radius 1 is 1.19 bits per heavy atom. The van der Waals surface area contributed by atoms with Gasteiger partial charge < -0.3 is 24.8 Å². The maximum atomic E-state index is 2.50. The Morgan fingerprint density at radius 3 is 2.50 bits per heavy atom. The third kappa shape index (κ3) is 3.84. The van der Waals surface area contributed by atoms with Crippen LogP contribution in [0.1, 0.15) is 18.1 Å². The summed E-state index contributed by atoms with van der Waals surface area (Å²) >= 11 is -0.210. The predicted molar refractivity (Wildman–Crippen MR) is 62.3 cm³/mol. The summed E-state index contributed by atoms with van der Waals surface area (Å²) in [5.74, 6) is -0.312. The third-order valence-electron chi connectivity index (χ3n) is 2.50. The van der Waals surface area contributed by atoms with E-state index >= 15 is 0 Å². The molecule has 0 N–H and O–H groups in total. The Labute approximate surface area is 123 Å². The van der Waals surface area contributed by atoms with E-state index < -0.39 is 0 Å². The number of allylic oxidation sites excluding steroid dienone is 1. The largest absolute Gasteiger partial charge is 1.00 e. The second kappa shape index (κ2) is 7.16. The first-order valence-electron chi connectivity index (χ1n) is 5.22. The molecule has 0 unspecified atom stereocenters. The molecule has 0 spiro atoms. The van der Waals surface area contributed by atoms with Gasteiger partial charge in [0.25, 0.3) is 0 Å². The molecule has 1 aliphatic rings. The van der Waals surface area contributed by atoms with E-state index in [0.29, 0.717) is 0 Å². The number of rotatable bonds is 2. The van der Waals surface area contributed by atoms with Crippen LogP contribution in [0, 0.1) is 0 Å². The van der Waals surface area contributed by atoms with Crippen LogP contribution in [0.3, 0.4) is 0 Å². The molecule has 1 aliphatic carbocycles. The van der Waals surface area contributed by atoms with E-state index in [4.69, 9.17) is 0 Å². The standard InChI is InChI=1S/C10H9.C2H7Si.2ClH.Zr/c1-8-6-9-4-2-3-5-10(9)7-8;1-3-2;;;/h2-4,7H,6H2,1H3;3H,1-2H3;2*1H;/q;;;;+2/p-2. The van der Waals surface area contributed by atoms with Crippen molar-refractivity contribution in [1.29, 1.82) is 0 Å². The molecule has 0 aliphatic heterocycles. The molecule has 86 valence electrons. The van der Waals surface area contributed by atoms with Gasteiger partial charge in [-0.2, -0.15) is 0 Å². The van der Waals surface area contributed by atoms with E-state index in [9.17, 15) is 0 Å². The van der Waals surface area contributed by atoms with Crippen LogP contribution >= 0.6 is 0 Å². The second-order valence-electron chi connectivity index (χ2n) is 4.34. The predicted octanol–water partition coefficient (Wildman–Crippen LogP) is -3.65. The average molecular weight is 350 g/mol. The van der Waals surface area contributed by atoms with Crippen molar-refractivity contribution in [3.63, 3.8) is 0 Å². The van der Waals surface area contributed by atoms with Gasteiger partial charge >= 0.3 is 99.0 Å². The van der Waals surface area contributed by atoms with Crippen LogP contribution in [0.2, 0.25) is 13.1 Å². The van der Waals surface area contributed by atoms with Gasteiger partial charge in [-0.15, -0.1) is 0 Å². The summed E-state index contributed by atoms with van der Waals surface area (Å²) in [6.07, 6.45) is 3.62. The van der Waals surface area contributed by atoms with Crippen molar-refractivity contribution < 1.29 is 47.2 Å². The van der Waals surface area contributed by atoms with Crippen LogP contribution in [-0.2, 0) is 28.8 Å². The maximum absolute atomic E-state index is 2.50. The fourth-order valence-electron chi connectivity index (χ4n) is 1.97. The van der Waals surface area contributed by atoms with E-state index in [-0.39, 0.29) is 53.1 Å². The third-order valence-corrected chi connectivity index (χ3v) is 11.0. The summed E-state index contributed by atoms with van der Waals surface area (Å²) in [6, 6.07) is 6.94. The molecule has 0 heterocycles. The molecule has 0 radical (unpaired) electrons. The molecule has 0 saturated carbocycles.